The van der Waals surface area contributed by atoms with Crippen molar-refractivity contribution in [1.82, 2.24) is 9.78 Å². The molecule has 3 aromatic rings. The summed E-state index contributed by atoms with van der Waals surface area (Å²) in [5.74, 6) is 1.79. The van der Waals surface area contributed by atoms with E-state index < -0.39 is 0 Å². The molecule has 0 aliphatic heterocycles. The fourth-order valence-electron chi connectivity index (χ4n) is 4.32. The Morgan fingerprint density at radius 2 is 1.38 bits per heavy atom. The maximum Gasteiger partial charge on any atom is 0.308 e. The van der Waals surface area contributed by atoms with Crippen LogP contribution in [0.1, 0.15) is 50.6 Å². The first-order valence-corrected chi connectivity index (χ1v) is 10.1. The Morgan fingerprint density at radius 3 is 1.90 bits per heavy atom. The molecule has 0 bridgehead atoms. The zero-order valence-electron chi connectivity index (χ0n) is 18.9. The Labute approximate surface area is 174 Å². The minimum atomic E-state index is 0.242. The summed E-state index contributed by atoms with van der Waals surface area (Å²) in [6, 6.07) is 8.70. The van der Waals surface area contributed by atoms with Crippen LogP contribution in [0, 0.1) is 48.5 Å². The summed E-state index contributed by atoms with van der Waals surface area (Å²) in [6.07, 6.45) is 2.58. The summed E-state index contributed by atoms with van der Waals surface area (Å²) in [5, 5.41) is 15.8. The molecule has 4 nitrogen and oxygen atoms in total. The van der Waals surface area contributed by atoms with Crippen LogP contribution in [-0.2, 0) is 13.5 Å². The molecule has 0 atom stereocenters. The second-order valence-corrected chi connectivity index (χ2v) is 8.26. The highest BCUT2D eigenvalue weighted by atomic mass is 16.3. The van der Waals surface area contributed by atoms with E-state index in [-0.39, 0.29) is 5.76 Å². The van der Waals surface area contributed by atoms with Gasteiger partial charge in [0.25, 0.3) is 5.82 Å². The monoisotopic (exact) mass is 390 g/mol. The van der Waals surface area contributed by atoms with Gasteiger partial charge in [-0.1, -0.05) is 40.1 Å². The van der Waals surface area contributed by atoms with E-state index in [1.54, 1.807) is 0 Å². The minimum Gasteiger partial charge on any atom is -0.502 e. The molecule has 0 aliphatic rings. The second-order valence-electron chi connectivity index (χ2n) is 8.26. The Balaban J connectivity index is 2.10. The number of hydrogen-bond acceptors (Lipinski definition) is 2. The first-order chi connectivity index (χ1) is 13.6. The summed E-state index contributed by atoms with van der Waals surface area (Å²) in [6.45, 7) is 14.6. The average molecular weight is 391 g/mol. The van der Waals surface area contributed by atoms with Gasteiger partial charge in [0.2, 0.25) is 0 Å². The van der Waals surface area contributed by atoms with Crippen molar-refractivity contribution in [2.75, 3.05) is 0 Å². The number of allylic oxidation sites excluding steroid dienone is 1. The fraction of sp³-hybridized carbons (Fsp3) is 0.360. The zero-order valence-corrected chi connectivity index (χ0v) is 18.9. The Bertz CT molecular complexity index is 1070. The van der Waals surface area contributed by atoms with Crippen molar-refractivity contribution in [3.05, 3.63) is 80.9 Å². The molecule has 0 unspecified atom stereocenters. The lowest BCUT2D eigenvalue weighted by molar-refractivity contribution is -0.681. The number of nitrogens with zero attached hydrogens (tertiary/aromatic N) is 3. The van der Waals surface area contributed by atoms with Crippen LogP contribution in [0.25, 0.3) is 11.4 Å². The van der Waals surface area contributed by atoms with Gasteiger partial charge in [0.15, 0.2) is 5.76 Å². The van der Waals surface area contributed by atoms with Gasteiger partial charge in [-0.3, -0.25) is 0 Å². The SMILES string of the molecule is Cc1cc(C)c(C/C=C(\O)c2n(-c3c(C)cc(C)cc3C)nc(C)[n+]2C)c(C)c1. The van der Waals surface area contributed by atoms with Gasteiger partial charge in [-0.15, -0.1) is 0 Å². The molecule has 0 radical (unpaired) electrons. The number of aliphatic hydroxyl groups is 1. The number of aliphatic hydroxyl groups excluding tert-OH is 1. The van der Waals surface area contributed by atoms with Crippen LogP contribution in [0.5, 0.6) is 0 Å². The van der Waals surface area contributed by atoms with Crippen molar-refractivity contribution in [1.29, 1.82) is 0 Å². The smallest absolute Gasteiger partial charge is 0.308 e. The van der Waals surface area contributed by atoms with Crippen molar-refractivity contribution in [2.24, 2.45) is 7.05 Å². The number of benzene rings is 2. The van der Waals surface area contributed by atoms with Gasteiger partial charge in [0.1, 0.15) is 5.69 Å². The van der Waals surface area contributed by atoms with Gasteiger partial charge in [-0.05, 0) is 81.9 Å². The topological polar surface area (TPSA) is 41.9 Å². The van der Waals surface area contributed by atoms with Crippen LogP contribution < -0.4 is 4.57 Å². The standard InChI is InChI=1S/C25H31N3O/c1-15-11-17(3)22(18(4)12-15)9-10-23(29)25-27(8)21(7)26-28(25)24-19(5)13-16(2)14-20(24)6/h10-14H,9H2,1-8H3/p+1/b23-10-. The van der Waals surface area contributed by atoms with Crippen LogP contribution >= 0.6 is 0 Å². The molecule has 0 saturated heterocycles. The summed E-state index contributed by atoms with van der Waals surface area (Å²) in [7, 11) is 1.94. The highest BCUT2D eigenvalue weighted by Crippen LogP contribution is 2.24. The van der Waals surface area contributed by atoms with Gasteiger partial charge in [-0.25, -0.2) is 4.57 Å². The van der Waals surface area contributed by atoms with Crippen LogP contribution in [0.15, 0.2) is 30.3 Å². The van der Waals surface area contributed by atoms with Crippen molar-refractivity contribution in [3.8, 4) is 5.69 Å². The van der Waals surface area contributed by atoms with E-state index in [0.717, 1.165) is 22.6 Å². The lowest BCUT2D eigenvalue weighted by Crippen LogP contribution is -2.35. The quantitative estimate of drug-likeness (QED) is 0.503. The highest BCUT2D eigenvalue weighted by Gasteiger charge is 2.27. The van der Waals surface area contributed by atoms with E-state index in [1.165, 1.54) is 27.8 Å². The van der Waals surface area contributed by atoms with Crippen molar-refractivity contribution in [3.63, 3.8) is 0 Å². The largest absolute Gasteiger partial charge is 0.502 e. The molecular formula is C25H32N3O+. The number of hydrogen-bond donors (Lipinski definition) is 1. The van der Waals surface area contributed by atoms with E-state index in [4.69, 9.17) is 5.10 Å². The van der Waals surface area contributed by atoms with Gasteiger partial charge in [0.05, 0.1) is 7.05 Å². The van der Waals surface area contributed by atoms with Crippen LogP contribution in [0.4, 0.5) is 0 Å². The van der Waals surface area contributed by atoms with Gasteiger partial charge >= 0.3 is 5.82 Å². The molecule has 1 aromatic heterocycles. The molecule has 2 aromatic carbocycles. The van der Waals surface area contributed by atoms with E-state index in [9.17, 15) is 5.11 Å². The molecule has 4 heteroatoms. The Kier molecular flexibility index (Phi) is 5.65. The molecule has 0 aliphatic carbocycles. The van der Waals surface area contributed by atoms with Crippen LogP contribution in [0.2, 0.25) is 0 Å². The van der Waals surface area contributed by atoms with Crippen molar-refractivity contribution in [2.45, 2.75) is 54.9 Å². The summed E-state index contributed by atoms with van der Waals surface area (Å²) in [4.78, 5) is 0. The van der Waals surface area contributed by atoms with E-state index in [1.807, 2.05) is 29.3 Å². The van der Waals surface area contributed by atoms with Crippen molar-refractivity contribution >= 4 is 5.76 Å². The molecule has 3 rings (SSSR count). The van der Waals surface area contributed by atoms with E-state index in [2.05, 4.69) is 65.8 Å². The van der Waals surface area contributed by atoms with Gasteiger partial charge < -0.3 is 5.11 Å². The maximum atomic E-state index is 11.1. The predicted octanol–water partition coefficient (Wildman–Crippen LogP) is 5.00. The zero-order chi connectivity index (χ0) is 21.5. The third kappa shape index (κ3) is 3.98. The second kappa shape index (κ2) is 7.86. The van der Waals surface area contributed by atoms with Crippen LogP contribution in [0.3, 0.4) is 0 Å². The number of aromatic nitrogens is 3. The first kappa shape index (κ1) is 20.8. The molecule has 0 fully saturated rings. The number of rotatable bonds is 4. The first-order valence-electron chi connectivity index (χ1n) is 10.1. The average Bonchev–Trinajstić information content (AvgIpc) is 2.87. The fourth-order valence-corrected chi connectivity index (χ4v) is 4.32. The highest BCUT2D eigenvalue weighted by molar-refractivity contribution is 5.56. The lowest BCUT2D eigenvalue weighted by Gasteiger charge is -2.10. The molecule has 0 saturated carbocycles. The molecule has 0 amide bonds. The van der Waals surface area contributed by atoms with Crippen molar-refractivity contribution < 1.29 is 9.67 Å². The molecular weight excluding hydrogens is 358 g/mol. The predicted molar refractivity (Wildman–Crippen MR) is 119 cm³/mol. The summed E-state index contributed by atoms with van der Waals surface area (Å²) in [5.41, 5.74) is 9.57. The van der Waals surface area contributed by atoms with Crippen LogP contribution in [-0.4, -0.2) is 14.9 Å². The van der Waals surface area contributed by atoms with Gasteiger partial charge in [0, 0.05) is 12.0 Å². The molecule has 0 spiro atoms. The minimum absolute atomic E-state index is 0.242. The molecule has 1 N–H and O–H groups in total. The maximum absolute atomic E-state index is 11.1. The lowest BCUT2D eigenvalue weighted by atomic mass is 9.97. The van der Waals surface area contributed by atoms with E-state index in [0.29, 0.717) is 12.2 Å². The van der Waals surface area contributed by atoms with Gasteiger partial charge in [-0.2, -0.15) is 0 Å². The van der Waals surface area contributed by atoms with E-state index >= 15 is 0 Å². The molecule has 152 valence electrons. The summed E-state index contributed by atoms with van der Waals surface area (Å²) < 4.78 is 3.82. The third-order valence-corrected chi connectivity index (χ3v) is 5.66. The normalized spacial score (nSPS) is 11.9. The Morgan fingerprint density at radius 1 is 0.897 bits per heavy atom. The molecule has 29 heavy (non-hydrogen) atoms. The number of aryl methyl sites for hydroxylation is 7. The third-order valence-electron chi connectivity index (χ3n) is 5.66. The Hall–Kier alpha value is -2.88. The molecule has 1 heterocycles. The summed E-state index contributed by atoms with van der Waals surface area (Å²) >= 11 is 0.